The van der Waals surface area contributed by atoms with Gasteiger partial charge in [-0.15, -0.1) is 0 Å². The number of benzene rings is 2. The second-order valence-corrected chi connectivity index (χ2v) is 17.5. The van der Waals surface area contributed by atoms with Gasteiger partial charge in [0.2, 0.25) is 0 Å². The van der Waals surface area contributed by atoms with Crippen molar-refractivity contribution < 1.29 is 24.2 Å². The summed E-state index contributed by atoms with van der Waals surface area (Å²) in [6.07, 6.45) is 18.1. The SMILES string of the molecule is CC(C)(C)[Si](OC(CCCCCCCCCC(=O)O)CCCCCCCCCC(=O)O)(c1ccccc1)c1ccccc1. The normalized spacial score (nSPS) is 12.1. The Bertz CT molecular complexity index is 947. The molecule has 0 aromatic heterocycles. The second-order valence-electron chi connectivity index (χ2n) is 13.2. The molecule has 0 spiro atoms. The number of carboxylic acid groups (broad SMARTS) is 2. The minimum Gasteiger partial charge on any atom is -0.481 e. The van der Waals surface area contributed by atoms with Crippen molar-refractivity contribution in [2.45, 2.75) is 147 Å². The second kappa shape index (κ2) is 20.5. The summed E-state index contributed by atoms with van der Waals surface area (Å²) in [5.74, 6) is -1.38. The van der Waals surface area contributed by atoms with Crippen LogP contribution >= 0.6 is 0 Å². The van der Waals surface area contributed by atoms with Crippen LogP contribution in [0.5, 0.6) is 0 Å². The third-order valence-corrected chi connectivity index (χ3v) is 13.7. The van der Waals surface area contributed by atoms with Crippen LogP contribution in [0.15, 0.2) is 60.7 Å². The Labute approximate surface area is 262 Å². The summed E-state index contributed by atoms with van der Waals surface area (Å²) in [6, 6.07) is 21.9. The quantitative estimate of drug-likeness (QED) is 0.0915. The fourth-order valence-corrected chi connectivity index (χ4v) is 11.0. The molecular weight excluding hydrogens is 552 g/mol. The van der Waals surface area contributed by atoms with Crippen LogP contribution in [0, 0.1) is 0 Å². The van der Waals surface area contributed by atoms with Gasteiger partial charge in [0.05, 0.1) is 0 Å². The number of carbonyl (C=O) groups is 2. The fraction of sp³-hybridized carbons (Fsp3) is 0.622. The predicted octanol–water partition coefficient (Wildman–Crippen LogP) is 9.12. The van der Waals surface area contributed by atoms with Gasteiger partial charge < -0.3 is 14.6 Å². The lowest BCUT2D eigenvalue weighted by atomic mass is 10.0. The highest BCUT2D eigenvalue weighted by atomic mass is 28.4. The molecule has 0 amide bonds. The van der Waals surface area contributed by atoms with Crippen LogP contribution in [0.3, 0.4) is 0 Å². The van der Waals surface area contributed by atoms with Crippen LogP contribution in [0.4, 0.5) is 0 Å². The molecule has 0 saturated carbocycles. The van der Waals surface area contributed by atoms with E-state index in [1.807, 2.05) is 0 Å². The average molecular weight is 611 g/mol. The lowest BCUT2D eigenvalue weighted by Crippen LogP contribution is -2.67. The van der Waals surface area contributed by atoms with E-state index in [2.05, 4.69) is 81.4 Å². The van der Waals surface area contributed by atoms with Crippen molar-refractivity contribution in [3.63, 3.8) is 0 Å². The van der Waals surface area contributed by atoms with Gasteiger partial charge in [-0.2, -0.15) is 0 Å². The molecule has 0 fully saturated rings. The number of hydrogen-bond donors (Lipinski definition) is 2. The van der Waals surface area contributed by atoms with Crippen molar-refractivity contribution in [1.82, 2.24) is 0 Å². The topological polar surface area (TPSA) is 83.8 Å². The van der Waals surface area contributed by atoms with Gasteiger partial charge in [0.1, 0.15) is 0 Å². The minimum absolute atomic E-state index is 0.0418. The summed E-state index contributed by atoms with van der Waals surface area (Å²) < 4.78 is 7.57. The predicted molar refractivity (Wildman–Crippen MR) is 181 cm³/mol. The Balaban J connectivity index is 2.06. The monoisotopic (exact) mass is 610 g/mol. The van der Waals surface area contributed by atoms with Crippen molar-refractivity contribution in [1.29, 1.82) is 0 Å². The van der Waals surface area contributed by atoms with Crippen LogP contribution in [-0.4, -0.2) is 36.6 Å². The molecule has 2 rings (SSSR count). The summed E-state index contributed by atoms with van der Waals surface area (Å²) in [4.78, 5) is 21.5. The third-order valence-electron chi connectivity index (χ3n) is 8.59. The summed E-state index contributed by atoms with van der Waals surface area (Å²) in [5.41, 5.74) is 0. The van der Waals surface area contributed by atoms with Crippen LogP contribution < -0.4 is 10.4 Å². The molecule has 2 aromatic carbocycles. The zero-order valence-electron chi connectivity index (χ0n) is 27.2. The van der Waals surface area contributed by atoms with E-state index in [9.17, 15) is 9.59 Å². The molecule has 5 nitrogen and oxygen atoms in total. The lowest BCUT2D eigenvalue weighted by Gasteiger charge is -2.45. The van der Waals surface area contributed by atoms with Crippen molar-refractivity contribution >= 4 is 30.6 Å². The lowest BCUT2D eigenvalue weighted by molar-refractivity contribution is -0.138. The van der Waals surface area contributed by atoms with Gasteiger partial charge in [-0.25, -0.2) is 0 Å². The summed E-state index contributed by atoms with van der Waals surface area (Å²) in [7, 11) is -2.61. The van der Waals surface area contributed by atoms with Gasteiger partial charge >= 0.3 is 11.9 Å². The van der Waals surface area contributed by atoms with Gasteiger partial charge in [-0.3, -0.25) is 9.59 Å². The molecule has 6 heteroatoms. The largest absolute Gasteiger partial charge is 0.481 e. The first kappa shape index (κ1) is 36.7. The highest BCUT2D eigenvalue weighted by molar-refractivity contribution is 6.99. The van der Waals surface area contributed by atoms with E-state index in [-0.39, 0.29) is 24.0 Å². The molecule has 0 heterocycles. The van der Waals surface area contributed by atoms with Gasteiger partial charge in [-0.05, 0) is 41.1 Å². The van der Waals surface area contributed by atoms with Crippen LogP contribution in [-0.2, 0) is 14.0 Å². The minimum atomic E-state index is -2.61. The first-order valence-electron chi connectivity index (χ1n) is 16.9. The first-order valence-corrected chi connectivity index (χ1v) is 18.8. The van der Waals surface area contributed by atoms with E-state index < -0.39 is 20.3 Å². The Morgan fingerprint density at radius 1 is 0.581 bits per heavy atom. The van der Waals surface area contributed by atoms with Crippen LogP contribution in [0.25, 0.3) is 0 Å². The Morgan fingerprint density at radius 2 is 0.907 bits per heavy atom. The van der Waals surface area contributed by atoms with Crippen LogP contribution in [0.2, 0.25) is 5.04 Å². The molecule has 43 heavy (non-hydrogen) atoms. The standard InChI is InChI=1S/C37H58O5Si/c1-37(2,3)43(33-26-18-14-19-27-33,34-28-20-15-21-29-34)42-32(24-16-10-6-4-8-12-22-30-35(38)39)25-17-11-7-5-9-13-23-31-36(40)41/h14-15,18-21,26-29,32H,4-13,16-17,22-25,30-31H2,1-3H3,(H,38,39)(H,40,41). The molecule has 0 atom stereocenters. The van der Waals surface area contributed by atoms with Gasteiger partial charge in [0, 0.05) is 18.9 Å². The molecule has 0 bridgehead atoms. The number of hydrogen-bond acceptors (Lipinski definition) is 3. The van der Waals surface area contributed by atoms with Gasteiger partial charge in [0.25, 0.3) is 8.32 Å². The van der Waals surface area contributed by atoms with Crippen molar-refractivity contribution in [3.8, 4) is 0 Å². The van der Waals surface area contributed by atoms with E-state index >= 15 is 0 Å². The van der Waals surface area contributed by atoms with Gasteiger partial charge in [-0.1, -0.05) is 158 Å². The van der Waals surface area contributed by atoms with Gasteiger partial charge in [0.15, 0.2) is 0 Å². The maximum Gasteiger partial charge on any atom is 0.303 e. The van der Waals surface area contributed by atoms with E-state index in [1.165, 1.54) is 48.9 Å². The molecule has 0 aliphatic rings. The van der Waals surface area contributed by atoms with Crippen molar-refractivity contribution in [2.75, 3.05) is 0 Å². The Kier molecular flexibility index (Phi) is 17.5. The Hall–Kier alpha value is -2.44. The molecule has 2 N–H and O–H groups in total. The molecule has 0 saturated heterocycles. The molecule has 2 aromatic rings. The number of rotatable bonds is 24. The highest BCUT2D eigenvalue weighted by Gasteiger charge is 2.51. The molecule has 0 unspecified atom stereocenters. The summed E-state index contributed by atoms with van der Waals surface area (Å²) in [6.45, 7) is 7.06. The molecule has 0 radical (unpaired) electrons. The smallest absolute Gasteiger partial charge is 0.303 e. The number of unbranched alkanes of at least 4 members (excludes halogenated alkanes) is 12. The van der Waals surface area contributed by atoms with Crippen molar-refractivity contribution in [2.24, 2.45) is 0 Å². The maximum atomic E-state index is 10.7. The van der Waals surface area contributed by atoms with E-state index in [0.29, 0.717) is 0 Å². The fourth-order valence-electron chi connectivity index (χ4n) is 6.27. The van der Waals surface area contributed by atoms with E-state index in [1.54, 1.807) is 0 Å². The third kappa shape index (κ3) is 13.8. The van der Waals surface area contributed by atoms with Crippen molar-refractivity contribution in [3.05, 3.63) is 60.7 Å². The average Bonchev–Trinajstić information content (AvgIpc) is 2.97. The van der Waals surface area contributed by atoms with E-state index in [4.69, 9.17) is 14.6 Å². The molecule has 240 valence electrons. The maximum absolute atomic E-state index is 10.7. The Morgan fingerprint density at radius 3 is 1.23 bits per heavy atom. The van der Waals surface area contributed by atoms with Crippen LogP contribution in [0.1, 0.15) is 136 Å². The number of carboxylic acids is 2. The molecule has 0 aliphatic heterocycles. The summed E-state index contributed by atoms with van der Waals surface area (Å²) >= 11 is 0. The van der Waals surface area contributed by atoms with E-state index in [0.717, 1.165) is 64.2 Å². The zero-order chi connectivity index (χ0) is 31.4. The molecule has 0 aliphatic carbocycles. The zero-order valence-corrected chi connectivity index (χ0v) is 28.2. The first-order chi connectivity index (χ1) is 20.7. The number of aliphatic carboxylic acids is 2. The highest BCUT2D eigenvalue weighted by Crippen LogP contribution is 2.38. The summed E-state index contributed by atoms with van der Waals surface area (Å²) in [5, 5.41) is 20.3. The molecular formula is C37H58O5Si.